The molecule has 0 radical (unpaired) electrons. The van der Waals surface area contributed by atoms with Gasteiger partial charge < -0.3 is 9.47 Å². The lowest BCUT2D eigenvalue weighted by Gasteiger charge is -2.35. The smallest absolute Gasteiger partial charge is 0.145 e. The van der Waals surface area contributed by atoms with E-state index in [1.165, 1.54) is 5.56 Å². The summed E-state index contributed by atoms with van der Waals surface area (Å²) >= 11 is 0. The van der Waals surface area contributed by atoms with Crippen molar-refractivity contribution in [2.45, 2.75) is 6.42 Å². The Morgan fingerprint density at radius 1 is 0.958 bits per heavy atom. The summed E-state index contributed by atoms with van der Waals surface area (Å²) in [4.78, 5) is 13.9. The van der Waals surface area contributed by atoms with Crippen molar-refractivity contribution in [1.29, 1.82) is 0 Å². The zero-order valence-electron chi connectivity index (χ0n) is 14.1. The van der Waals surface area contributed by atoms with Crippen LogP contribution in [0, 0.1) is 0 Å². The van der Waals surface area contributed by atoms with E-state index in [-0.39, 0.29) is 0 Å². The number of nitrogens with zero attached hydrogens (tertiary/aromatic N) is 5. The van der Waals surface area contributed by atoms with E-state index in [1.807, 2.05) is 7.05 Å². The van der Waals surface area contributed by atoms with Crippen molar-refractivity contribution < 1.29 is 0 Å². The molecule has 3 heterocycles. The quantitative estimate of drug-likeness (QED) is 0.739. The number of aromatic nitrogens is 3. The largest absolute Gasteiger partial charge is 0.353 e. The monoisotopic (exact) mass is 321 g/mol. The number of piperazine rings is 1. The van der Waals surface area contributed by atoms with Crippen LogP contribution in [0.2, 0.25) is 0 Å². The van der Waals surface area contributed by atoms with E-state index in [4.69, 9.17) is 0 Å². The Kier molecular flexibility index (Phi) is 4.17. The number of benzene rings is 1. The summed E-state index contributed by atoms with van der Waals surface area (Å²) in [6.07, 6.45) is 4.86. The second kappa shape index (κ2) is 6.61. The lowest BCUT2D eigenvalue weighted by Crippen LogP contribution is -2.47. The molecule has 0 aliphatic carbocycles. The Morgan fingerprint density at radius 2 is 1.75 bits per heavy atom. The minimum atomic E-state index is 1.01. The molecule has 4 rings (SSSR count). The number of rotatable bonds is 4. The third-order valence-corrected chi connectivity index (χ3v) is 4.87. The molecule has 0 atom stereocenters. The van der Waals surface area contributed by atoms with Crippen LogP contribution in [0.25, 0.3) is 11.0 Å². The molecule has 2 aromatic heterocycles. The molecule has 5 heteroatoms. The summed E-state index contributed by atoms with van der Waals surface area (Å²) in [5.41, 5.74) is 2.42. The molecule has 1 aliphatic heterocycles. The van der Waals surface area contributed by atoms with Gasteiger partial charge in [0.25, 0.3) is 0 Å². The van der Waals surface area contributed by atoms with Gasteiger partial charge in [-0.05, 0) is 18.1 Å². The highest BCUT2D eigenvalue weighted by Crippen LogP contribution is 2.24. The average Bonchev–Trinajstić information content (AvgIpc) is 3.03. The molecule has 0 saturated carbocycles. The van der Waals surface area contributed by atoms with Crippen LogP contribution in [0.3, 0.4) is 0 Å². The van der Waals surface area contributed by atoms with Crippen molar-refractivity contribution in [3.8, 4) is 0 Å². The van der Waals surface area contributed by atoms with Gasteiger partial charge in [-0.15, -0.1) is 0 Å². The number of hydrogen-bond acceptors (Lipinski definition) is 4. The van der Waals surface area contributed by atoms with Crippen molar-refractivity contribution in [1.82, 2.24) is 19.4 Å². The summed E-state index contributed by atoms with van der Waals surface area (Å²) in [6.45, 7) is 5.35. The molecule has 0 amide bonds. The standard InChI is InChI=1S/C19H23N5/c1-22-9-8-17-18(22)20-15-21-19(17)24-13-11-23(12-14-24)10-7-16-5-3-2-4-6-16/h2-6,8-9,15H,7,10-14H2,1H3. The van der Waals surface area contributed by atoms with Crippen LogP contribution >= 0.6 is 0 Å². The number of aryl methyl sites for hydroxylation is 1. The van der Waals surface area contributed by atoms with Crippen LogP contribution in [0.5, 0.6) is 0 Å². The Morgan fingerprint density at radius 3 is 2.54 bits per heavy atom. The Hall–Kier alpha value is -2.40. The van der Waals surface area contributed by atoms with E-state index in [9.17, 15) is 0 Å². The topological polar surface area (TPSA) is 37.2 Å². The normalized spacial score (nSPS) is 16.0. The lowest BCUT2D eigenvalue weighted by atomic mass is 10.1. The van der Waals surface area contributed by atoms with Gasteiger partial charge in [-0.3, -0.25) is 4.90 Å². The van der Waals surface area contributed by atoms with E-state index >= 15 is 0 Å². The van der Waals surface area contributed by atoms with E-state index in [2.05, 4.69) is 66.9 Å². The maximum Gasteiger partial charge on any atom is 0.145 e. The molecule has 3 aromatic rings. The van der Waals surface area contributed by atoms with Gasteiger partial charge in [0.15, 0.2) is 0 Å². The van der Waals surface area contributed by atoms with Gasteiger partial charge in [-0.25, -0.2) is 9.97 Å². The van der Waals surface area contributed by atoms with Crippen LogP contribution in [-0.2, 0) is 13.5 Å². The molecule has 1 aromatic carbocycles. The van der Waals surface area contributed by atoms with E-state index in [1.54, 1.807) is 6.33 Å². The fourth-order valence-corrected chi connectivity index (χ4v) is 3.43. The molecule has 1 fully saturated rings. The molecule has 0 spiro atoms. The minimum absolute atomic E-state index is 1.01. The number of fused-ring (bicyclic) bond motifs is 1. The van der Waals surface area contributed by atoms with Crippen LogP contribution in [-0.4, -0.2) is 52.2 Å². The van der Waals surface area contributed by atoms with Gasteiger partial charge in [0.2, 0.25) is 0 Å². The summed E-state index contributed by atoms with van der Waals surface area (Å²) in [5.74, 6) is 1.07. The van der Waals surface area contributed by atoms with E-state index < -0.39 is 0 Å². The van der Waals surface area contributed by atoms with Crippen molar-refractivity contribution >= 4 is 16.9 Å². The molecule has 1 aliphatic rings. The van der Waals surface area contributed by atoms with Gasteiger partial charge in [-0.1, -0.05) is 30.3 Å². The molecule has 0 N–H and O–H groups in total. The molecule has 0 bridgehead atoms. The van der Waals surface area contributed by atoms with Crippen LogP contribution in [0.1, 0.15) is 5.56 Å². The summed E-state index contributed by atoms with van der Waals surface area (Å²) in [6, 6.07) is 12.9. The first-order valence-corrected chi connectivity index (χ1v) is 8.58. The first-order valence-electron chi connectivity index (χ1n) is 8.58. The molecule has 24 heavy (non-hydrogen) atoms. The maximum atomic E-state index is 4.55. The first-order chi connectivity index (χ1) is 11.8. The lowest BCUT2D eigenvalue weighted by molar-refractivity contribution is 0.260. The summed E-state index contributed by atoms with van der Waals surface area (Å²) < 4.78 is 2.05. The second-order valence-electron chi connectivity index (χ2n) is 6.43. The highest BCUT2D eigenvalue weighted by Gasteiger charge is 2.20. The molecule has 0 unspecified atom stereocenters. The third-order valence-electron chi connectivity index (χ3n) is 4.87. The Balaban J connectivity index is 1.39. The second-order valence-corrected chi connectivity index (χ2v) is 6.43. The predicted octanol–water partition coefficient (Wildman–Crippen LogP) is 2.33. The molecular weight excluding hydrogens is 298 g/mol. The molecule has 5 nitrogen and oxygen atoms in total. The maximum absolute atomic E-state index is 4.55. The van der Waals surface area contributed by atoms with Gasteiger partial charge in [0.1, 0.15) is 17.8 Å². The van der Waals surface area contributed by atoms with Crippen LogP contribution in [0.15, 0.2) is 48.9 Å². The highest BCUT2D eigenvalue weighted by molar-refractivity contribution is 5.87. The van der Waals surface area contributed by atoms with Crippen molar-refractivity contribution in [2.75, 3.05) is 37.6 Å². The molecular formula is C19H23N5. The van der Waals surface area contributed by atoms with Crippen molar-refractivity contribution in [2.24, 2.45) is 7.05 Å². The van der Waals surface area contributed by atoms with Crippen molar-refractivity contribution in [3.63, 3.8) is 0 Å². The number of anilines is 1. The van der Waals surface area contributed by atoms with Crippen LogP contribution in [0.4, 0.5) is 5.82 Å². The fraction of sp³-hybridized carbons (Fsp3) is 0.368. The SMILES string of the molecule is Cn1ccc2c(N3CCN(CCc4ccccc4)CC3)ncnc21. The van der Waals surface area contributed by atoms with E-state index in [0.29, 0.717) is 0 Å². The van der Waals surface area contributed by atoms with E-state index in [0.717, 1.165) is 56.0 Å². The van der Waals surface area contributed by atoms with Crippen molar-refractivity contribution in [3.05, 3.63) is 54.5 Å². The zero-order chi connectivity index (χ0) is 16.4. The van der Waals surface area contributed by atoms with Gasteiger partial charge in [0, 0.05) is 46.0 Å². The molecule has 124 valence electrons. The average molecular weight is 321 g/mol. The van der Waals surface area contributed by atoms with Gasteiger partial charge in [0.05, 0.1) is 5.39 Å². The predicted molar refractivity (Wildman–Crippen MR) is 97.3 cm³/mol. The third kappa shape index (κ3) is 2.99. The zero-order valence-corrected chi connectivity index (χ0v) is 14.1. The fourth-order valence-electron chi connectivity index (χ4n) is 3.43. The summed E-state index contributed by atoms with van der Waals surface area (Å²) in [5, 5.41) is 1.15. The minimum Gasteiger partial charge on any atom is -0.353 e. The Bertz CT molecular complexity index is 803. The highest BCUT2D eigenvalue weighted by atomic mass is 15.3. The first kappa shape index (κ1) is 15.1. The Labute approximate surface area is 142 Å². The van der Waals surface area contributed by atoms with Gasteiger partial charge >= 0.3 is 0 Å². The molecule has 1 saturated heterocycles. The summed E-state index contributed by atoms with van der Waals surface area (Å²) in [7, 11) is 2.03. The van der Waals surface area contributed by atoms with Crippen LogP contribution < -0.4 is 4.90 Å². The number of hydrogen-bond donors (Lipinski definition) is 0. The van der Waals surface area contributed by atoms with Gasteiger partial charge in [-0.2, -0.15) is 0 Å².